The number of unbranched alkanes of at least 4 members (excludes halogenated alkanes) is 1. The number of ether oxygens (including phenoxy) is 1. The average Bonchev–Trinajstić information content (AvgIpc) is 3.39. The third-order valence-electron chi connectivity index (χ3n) is 7.56. The molecule has 3 heterocycles. The zero-order valence-electron chi connectivity index (χ0n) is 20.8. The molecule has 1 aliphatic heterocycles. The van der Waals surface area contributed by atoms with E-state index in [1.165, 1.54) is 12.0 Å². The molecule has 0 amide bonds. The summed E-state index contributed by atoms with van der Waals surface area (Å²) in [7, 11) is 1.60. The van der Waals surface area contributed by atoms with Gasteiger partial charge in [0.05, 0.1) is 30.2 Å². The maximum atomic E-state index is 11.8. The van der Waals surface area contributed by atoms with E-state index in [1.807, 2.05) is 18.2 Å². The molecule has 0 saturated carbocycles. The Bertz CT molecular complexity index is 1150. The van der Waals surface area contributed by atoms with Gasteiger partial charge in [-0.25, -0.2) is 0 Å². The maximum absolute atomic E-state index is 11.8. The molecule has 36 heavy (non-hydrogen) atoms. The Labute approximate surface area is 221 Å². The largest absolute Gasteiger partial charge is 0.497 e. The first-order chi connectivity index (χ1) is 17.4. The van der Waals surface area contributed by atoms with Gasteiger partial charge in [-0.05, 0) is 111 Å². The number of likely N-dealkylation sites (tertiary alicyclic amines) is 1. The van der Waals surface area contributed by atoms with Gasteiger partial charge < -0.3 is 19.8 Å². The van der Waals surface area contributed by atoms with Crippen LogP contribution in [0.1, 0.15) is 62.2 Å². The molecule has 194 valence electrons. The van der Waals surface area contributed by atoms with Crippen molar-refractivity contribution in [3.63, 3.8) is 0 Å². The number of carboxylic acid groups (broad SMARTS) is 1. The Hall–Kier alpha value is -2.19. The number of carboxylic acids is 1. The van der Waals surface area contributed by atoms with Crippen LogP contribution in [0.15, 0.2) is 41.2 Å². The lowest BCUT2D eigenvalue weighted by Gasteiger charge is -2.41. The molecule has 1 aromatic carbocycles. The van der Waals surface area contributed by atoms with Crippen LogP contribution in [0.5, 0.6) is 5.75 Å². The number of thiophene rings is 1. The summed E-state index contributed by atoms with van der Waals surface area (Å²) >= 11 is 8.23. The molecule has 2 N–H and O–H groups in total. The van der Waals surface area contributed by atoms with Crippen molar-refractivity contribution in [2.75, 3.05) is 26.7 Å². The number of benzene rings is 1. The SMILES string of the molecule is COc1ccc2ncc(Cl)c([C@H](O)CCC3(CC(=O)O)CCN(CCCCc4ccsc4)CC3)c2c1. The van der Waals surface area contributed by atoms with E-state index in [9.17, 15) is 15.0 Å². The number of methoxy groups -OCH3 is 1. The second-order valence-electron chi connectivity index (χ2n) is 9.96. The minimum atomic E-state index is -0.809. The van der Waals surface area contributed by atoms with E-state index in [2.05, 4.69) is 26.7 Å². The normalized spacial score (nSPS) is 16.8. The molecule has 0 radical (unpaired) electrons. The zero-order valence-corrected chi connectivity index (χ0v) is 22.4. The van der Waals surface area contributed by atoms with Crippen molar-refractivity contribution in [3.8, 4) is 5.75 Å². The number of piperidine rings is 1. The molecule has 6 nitrogen and oxygen atoms in total. The molecule has 0 bridgehead atoms. The summed E-state index contributed by atoms with van der Waals surface area (Å²) < 4.78 is 5.35. The number of hydrogen-bond donors (Lipinski definition) is 2. The fourth-order valence-corrected chi connectivity index (χ4v) is 6.39. The van der Waals surface area contributed by atoms with Gasteiger partial charge in [-0.15, -0.1) is 0 Å². The van der Waals surface area contributed by atoms with E-state index in [0.29, 0.717) is 29.2 Å². The molecule has 1 fully saturated rings. The highest BCUT2D eigenvalue weighted by Crippen LogP contribution is 2.43. The number of fused-ring (bicyclic) bond motifs is 1. The topological polar surface area (TPSA) is 82.9 Å². The molecule has 0 spiro atoms. The van der Waals surface area contributed by atoms with Crippen LogP contribution in [0, 0.1) is 5.41 Å². The van der Waals surface area contributed by atoms with E-state index in [0.717, 1.165) is 56.2 Å². The van der Waals surface area contributed by atoms with Crippen LogP contribution >= 0.6 is 22.9 Å². The van der Waals surface area contributed by atoms with Gasteiger partial charge in [-0.2, -0.15) is 11.3 Å². The summed E-state index contributed by atoms with van der Waals surface area (Å²) in [5.74, 6) is -0.101. The highest BCUT2D eigenvalue weighted by molar-refractivity contribution is 7.07. The number of aromatic nitrogens is 1. The lowest BCUT2D eigenvalue weighted by atomic mass is 9.71. The molecule has 0 aliphatic carbocycles. The zero-order chi connectivity index (χ0) is 25.5. The van der Waals surface area contributed by atoms with Crippen molar-refractivity contribution in [1.29, 1.82) is 0 Å². The van der Waals surface area contributed by atoms with Gasteiger partial charge in [0.2, 0.25) is 0 Å². The Balaban J connectivity index is 1.37. The van der Waals surface area contributed by atoms with Gasteiger partial charge in [0.1, 0.15) is 5.75 Å². The molecule has 1 atom stereocenters. The number of rotatable bonds is 12. The van der Waals surface area contributed by atoms with Gasteiger partial charge in [-0.1, -0.05) is 11.6 Å². The number of aliphatic hydroxyl groups excluding tert-OH is 1. The quantitative estimate of drug-likeness (QED) is 0.265. The van der Waals surface area contributed by atoms with Crippen molar-refractivity contribution in [2.24, 2.45) is 5.41 Å². The first kappa shape index (κ1) is 26.9. The molecule has 0 unspecified atom stereocenters. The Kier molecular flexibility index (Phi) is 9.23. The summed E-state index contributed by atoms with van der Waals surface area (Å²) in [4.78, 5) is 18.6. The Morgan fingerprint density at radius 2 is 2.08 bits per heavy atom. The molecule has 2 aromatic heterocycles. The molecular weight excluding hydrogens is 496 g/mol. The highest BCUT2D eigenvalue weighted by Gasteiger charge is 2.37. The summed E-state index contributed by atoms with van der Waals surface area (Å²) in [6.07, 6.45) is 7.07. The number of carbonyl (C=O) groups is 1. The number of aliphatic carboxylic acids is 1. The third-order valence-corrected chi connectivity index (χ3v) is 8.60. The van der Waals surface area contributed by atoms with Crippen LogP contribution in [-0.2, 0) is 11.2 Å². The van der Waals surface area contributed by atoms with Crippen LogP contribution in [0.4, 0.5) is 0 Å². The highest BCUT2D eigenvalue weighted by atomic mass is 35.5. The average molecular weight is 531 g/mol. The van der Waals surface area contributed by atoms with Crippen molar-refractivity contribution < 1.29 is 19.7 Å². The lowest BCUT2D eigenvalue weighted by Crippen LogP contribution is -2.41. The fourth-order valence-electron chi connectivity index (χ4n) is 5.41. The molecule has 3 aromatic rings. The summed E-state index contributed by atoms with van der Waals surface area (Å²) in [5.41, 5.74) is 2.47. The monoisotopic (exact) mass is 530 g/mol. The molecular formula is C28H35ClN2O4S. The number of hydrogen-bond acceptors (Lipinski definition) is 6. The van der Waals surface area contributed by atoms with Crippen LogP contribution in [0.2, 0.25) is 5.02 Å². The molecule has 1 aliphatic rings. The number of pyridine rings is 1. The van der Waals surface area contributed by atoms with Gasteiger partial charge in [0, 0.05) is 17.1 Å². The predicted octanol–water partition coefficient (Wildman–Crippen LogP) is 6.35. The smallest absolute Gasteiger partial charge is 0.303 e. The van der Waals surface area contributed by atoms with E-state index in [-0.39, 0.29) is 11.8 Å². The van der Waals surface area contributed by atoms with Crippen molar-refractivity contribution >= 4 is 39.8 Å². The number of halogens is 1. The van der Waals surface area contributed by atoms with E-state index in [4.69, 9.17) is 16.3 Å². The predicted molar refractivity (Wildman–Crippen MR) is 145 cm³/mol. The summed E-state index contributed by atoms with van der Waals surface area (Å²) in [5, 5.41) is 26.4. The van der Waals surface area contributed by atoms with Crippen molar-refractivity contribution in [2.45, 2.75) is 57.5 Å². The van der Waals surface area contributed by atoms with Gasteiger partial charge >= 0.3 is 5.97 Å². The second-order valence-corrected chi connectivity index (χ2v) is 11.1. The number of nitrogens with zero attached hydrogens (tertiary/aromatic N) is 2. The standard InChI is InChI=1S/C28H35ClN2O4S/c1-35-21-5-6-24-22(16-21)27(23(29)18-30-24)25(32)7-9-28(17-26(33)34)10-13-31(14-11-28)12-3-2-4-20-8-15-36-19-20/h5-6,8,15-16,18-19,25,32H,2-4,7,9-14,17H2,1H3,(H,33,34)/t25-/m1/s1. The van der Waals surface area contributed by atoms with Gasteiger partial charge in [0.15, 0.2) is 0 Å². The Morgan fingerprint density at radius 1 is 1.28 bits per heavy atom. The van der Waals surface area contributed by atoms with Gasteiger partial charge in [0.25, 0.3) is 0 Å². The first-order valence-corrected chi connectivity index (χ1v) is 14.0. The van der Waals surface area contributed by atoms with Crippen molar-refractivity contribution in [1.82, 2.24) is 9.88 Å². The van der Waals surface area contributed by atoms with E-state index >= 15 is 0 Å². The minimum Gasteiger partial charge on any atom is -0.497 e. The van der Waals surface area contributed by atoms with E-state index in [1.54, 1.807) is 24.6 Å². The maximum Gasteiger partial charge on any atom is 0.303 e. The number of aryl methyl sites for hydroxylation is 1. The van der Waals surface area contributed by atoms with Crippen LogP contribution in [-0.4, -0.2) is 52.8 Å². The van der Waals surface area contributed by atoms with Crippen LogP contribution in [0.3, 0.4) is 0 Å². The van der Waals surface area contributed by atoms with Gasteiger partial charge in [-0.3, -0.25) is 9.78 Å². The summed E-state index contributed by atoms with van der Waals surface area (Å²) in [6.45, 7) is 2.85. The number of aliphatic hydroxyl groups is 1. The molecule has 8 heteroatoms. The second kappa shape index (κ2) is 12.4. The first-order valence-electron chi connectivity index (χ1n) is 12.6. The minimum absolute atomic E-state index is 0.129. The summed E-state index contributed by atoms with van der Waals surface area (Å²) in [6, 6.07) is 7.72. The Morgan fingerprint density at radius 3 is 2.78 bits per heavy atom. The van der Waals surface area contributed by atoms with Crippen molar-refractivity contribution in [3.05, 3.63) is 57.4 Å². The lowest BCUT2D eigenvalue weighted by molar-refractivity contribution is -0.141. The third kappa shape index (κ3) is 6.76. The molecule has 4 rings (SSSR count). The van der Waals surface area contributed by atoms with E-state index < -0.39 is 12.1 Å². The fraction of sp³-hybridized carbons (Fsp3) is 0.500. The van der Waals surface area contributed by atoms with Crippen LogP contribution < -0.4 is 4.74 Å². The van der Waals surface area contributed by atoms with Crippen LogP contribution in [0.25, 0.3) is 10.9 Å². The molecule has 1 saturated heterocycles.